The highest BCUT2D eigenvalue weighted by atomic mass is 32.2. The predicted molar refractivity (Wildman–Crippen MR) is 72.2 cm³/mol. The Bertz CT molecular complexity index is 409. The summed E-state index contributed by atoms with van der Waals surface area (Å²) in [6.45, 7) is 4.15. The lowest BCUT2D eigenvalue weighted by Gasteiger charge is -2.13. The molecule has 1 aromatic carbocycles. The highest BCUT2D eigenvalue weighted by molar-refractivity contribution is 7.99. The van der Waals surface area contributed by atoms with Gasteiger partial charge in [-0.05, 0) is 18.7 Å². The Hall–Kier alpha value is -1.27. The smallest absolute Gasteiger partial charge is 0.270 e. The summed E-state index contributed by atoms with van der Waals surface area (Å²) in [6.07, 6.45) is -0.793. The van der Waals surface area contributed by atoms with E-state index in [4.69, 9.17) is 4.74 Å². The lowest BCUT2D eigenvalue weighted by Crippen LogP contribution is -2.05. The molecule has 1 rings (SSSR count). The van der Waals surface area contributed by atoms with E-state index in [9.17, 15) is 15.2 Å². The van der Waals surface area contributed by atoms with E-state index in [0.29, 0.717) is 17.9 Å². The number of aliphatic hydroxyl groups excluding tert-OH is 1. The highest BCUT2D eigenvalue weighted by Crippen LogP contribution is 2.29. The van der Waals surface area contributed by atoms with Crippen LogP contribution in [0.3, 0.4) is 0 Å². The molecule has 0 radical (unpaired) electrons. The number of hydrogen-bond acceptors (Lipinski definition) is 5. The van der Waals surface area contributed by atoms with E-state index in [1.54, 1.807) is 18.7 Å². The maximum absolute atomic E-state index is 10.7. The van der Waals surface area contributed by atoms with Crippen LogP contribution in [0.1, 0.15) is 25.5 Å². The highest BCUT2D eigenvalue weighted by Gasteiger charge is 2.15. The molecule has 0 aliphatic heterocycles. The number of nitro groups is 1. The molecule has 1 unspecified atom stereocenters. The minimum absolute atomic E-state index is 0.0406. The van der Waals surface area contributed by atoms with Gasteiger partial charge in [-0.3, -0.25) is 10.1 Å². The van der Waals surface area contributed by atoms with Gasteiger partial charge in [0.2, 0.25) is 0 Å². The number of hydrogen-bond donors (Lipinski definition) is 1. The molecular formula is C12H17NO4S. The second-order valence-electron chi connectivity index (χ2n) is 3.70. The Labute approximate surface area is 110 Å². The average molecular weight is 271 g/mol. The van der Waals surface area contributed by atoms with Crippen LogP contribution in [0.25, 0.3) is 0 Å². The number of nitro benzene ring substituents is 1. The maximum Gasteiger partial charge on any atom is 0.270 e. The average Bonchev–Trinajstić information content (AvgIpc) is 2.34. The van der Waals surface area contributed by atoms with Crippen molar-refractivity contribution < 1.29 is 14.8 Å². The van der Waals surface area contributed by atoms with Gasteiger partial charge < -0.3 is 9.84 Å². The van der Waals surface area contributed by atoms with Gasteiger partial charge in [0.05, 0.1) is 17.6 Å². The first kappa shape index (κ1) is 14.8. The molecule has 0 heterocycles. The molecule has 0 bridgehead atoms. The normalized spacial score (nSPS) is 12.2. The molecule has 0 spiro atoms. The van der Waals surface area contributed by atoms with E-state index in [1.807, 2.05) is 0 Å². The molecule has 100 valence electrons. The molecule has 5 nitrogen and oxygen atoms in total. The molecule has 1 atom stereocenters. The zero-order valence-electron chi connectivity index (χ0n) is 10.5. The molecule has 18 heavy (non-hydrogen) atoms. The van der Waals surface area contributed by atoms with Crippen LogP contribution in [0.4, 0.5) is 5.69 Å². The quantitative estimate of drug-likeness (QED) is 0.469. The van der Waals surface area contributed by atoms with E-state index in [1.165, 1.54) is 18.2 Å². The van der Waals surface area contributed by atoms with E-state index in [2.05, 4.69) is 6.92 Å². The van der Waals surface area contributed by atoms with Gasteiger partial charge in [0.25, 0.3) is 5.69 Å². The van der Waals surface area contributed by atoms with E-state index < -0.39 is 11.0 Å². The third kappa shape index (κ3) is 4.19. The number of benzene rings is 1. The molecule has 1 N–H and O–H groups in total. The van der Waals surface area contributed by atoms with Crippen molar-refractivity contribution in [3.05, 3.63) is 33.9 Å². The summed E-state index contributed by atoms with van der Waals surface area (Å²) in [5.41, 5.74) is 0.409. The largest absolute Gasteiger partial charge is 0.492 e. The van der Waals surface area contributed by atoms with E-state index in [0.717, 1.165) is 11.5 Å². The summed E-state index contributed by atoms with van der Waals surface area (Å²) in [5, 5.41) is 20.3. The summed E-state index contributed by atoms with van der Waals surface area (Å²) in [6, 6.07) is 4.28. The first-order valence-corrected chi connectivity index (χ1v) is 6.88. The standard InChI is InChI=1S/C12H17NO4S/c1-3-18-7-6-17-12-5-4-10(13(15)16)8-11(12)9(2)14/h4-5,8-9,14H,3,6-7H2,1-2H3. The van der Waals surface area contributed by atoms with Gasteiger partial charge in [-0.25, -0.2) is 0 Å². The lowest BCUT2D eigenvalue weighted by atomic mass is 10.1. The van der Waals surface area contributed by atoms with Crippen LogP contribution in [0.15, 0.2) is 18.2 Å². The van der Waals surface area contributed by atoms with Crippen molar-refractivity contribution in [1.29, 1.82) is 0 Å². The van der Waals surface area contributed by atoms with Crippen molar-refractivity contribution >= 4 is 17.4 Å². The van der Waals surface area contributed by atoms with Gasteiger partial charge in [0.1, 0.15) is 5.75 Å². The van der Waals surface area contributed by atoms with Gasteiger partial charge in [-0.2, -0.15) is 11.8 Å². The van der Waals surface area contributed by atoms with Crippen LogP contribution >= 0.6 is 11.8 Å². The first-order valence-electron chi connectivity index (χ1n) is 5.73. The molecule has 0 saturated carbocycles. The third-order valence-corrected chi connectivity index (χ3v) is 3.21. The van der Waals surface area contributed by atoms with Crippen LogP contribution in [0, 0.1) is 10.1 Å². The summed E-state index contributed by atoms with van der Waals surface area (Å²) >= 11 is 1.75. The zero-order chi connectivity index (χ0) is 13.5. The van der Waals surface area contributed by atoms with Crippen molar-refractivity contribution in [2.45, 2.75) is 20.0 Å². The Morgan fingerprint density at radius 1 is 1.56 bits per heavy atom. The predicted octanol–water partition coefficient (Wildman–Crippen LogP) is 2.78. The van der Waals surface area contributed by atoms with Crippen LogP contribution in [0.2, 0.25) is 0 Å². The van der Waals surface area contributed by atoms with Crippen molar-refractivity contribution in [3.63, 3.8) is 0 Å². The Morgan fingerprint density at radius 2 is 2.28 bits per heavy atom. The van der Waals surface area contributed by atoms with Crippen molar-refractivity contribution in [1.82, 2.24) is 0 Å². The fourth-order valence-electron chi connectivity index (χ4n) is 1.46. The minimum atomic E-state index is -0.793. The summed E-state index contributed by atoms with van der Waals surface area (Å²) < 4.78 is 5.53. The number of non-ortho nitro benzene ring substituents is 1. The van der Waals surface area contributed by atoms with Gasteiger partial charge in [0, 0.05) is 23.4 Å². The molecule has 1 aromatic rings. The fourth-order valence-corrected chi connectivity index (χ4v) is 1.95. The van der Waals surface area contributed by atoms with Gasteiger partial charge >= 0.3 is 0 Å². The number of aliphatic hydroxyl groups is 1. The van der Waals surface area contributed by atoms with Gasteiger partial charge in [0.15, 0.2) is 0 Å². The molecule has 0 aromatic heterocycles. The topological polar surface area (TPSA) is 72.6 Å². The number of thioether (sulfide) groups is 1. The molecule has 0 saturated heterocycles. The van der Waals surface area contributed by atoms with Crippen molar-refractivity contribution in [2.24, 2.45) is 0 Å². The van der Waals surface area contributed by atoms with Crippen LogP contribution in [-0.4, -0.2) is 28.1 Å². The van der Waals surface area contributed by atoms with E-state index >= 15 is 0 Å². The van der Waals surface area contributed by atoms with Crippen LogP contribution in [0.5, 0.6) is 5.75 Å². The molecule has 0 aliphatic rings. The summed E-state index contributed by atoms with van der Waals surface area (Å²) in [5.74, 6) is 2.38. The molecule has 0 aliphatic carbocycles. The number of nitrogens with zero attached hydrogens (tertiary/aromatic N) is 1. The van der Waals surface area contributed by atoms with Crippen LogP contribution in [-0.2, 0) is 0 Å². The summed E-state index contributed by atoms with van der Waals surface area (Å²) in [7, 11) is 0. The summed E-state index contributed by atoms with van der Waals surface area (Å²) in [4.78, 5) is 10.2. The minimum Gasteiger partial charge on any atom is -0.492 e. The molecular weight excluding hydrogens is 254 g/mol. The third-order valence-electron chi connectivity index (χ3n) is 2.34. The zero-order valence-corrected chi connectivity index (χ0v) is 11.3. The Kier molecular flexibility index (Phi) is 5.94. The maximum atomic E-state index is 10.7. The Balaban J connectivity index is 2.80. The van der Waals surface area contributed by atoms with Gasteiger partial charge in [-0.1, -0.05) is 6.92 Å². The molecule has 0 amide bonds. The molecule has 0 fully saturated rings. The number of rotatable bonds is 7. The van der Waals surface area contributed by atoms with Gasteiger partial charge in [-0.15, -0.1) is 0 Å². The fraction of sp³-hybridized carbons (Fsp3) is 0.500. The first-order chi connectivity index (χ1) is 8.56. The van der Waals surface area contributed by atoms with Crippen molar-refractivity contribution in [2.75, 3.05) is 18.1 Å². The molecule has 6 heteroatoms. The lowest BCUT2D eigenvalue weighted by molar-refractivity contribution is -0.385. The van der Waals surface area contributed by atoms with E-state index in [-0.39, 0.29) is 5.69 Å². The number of ether oxygens (including phenoxy) is 1. The Morgan fingerprint density at radius 3 is 2.83 bits per heavy atom. The second-order valence-corrected chi connectivity index (χ2v) is 5.09. The monoisotopic (exact) mass is 271 g/mol. The SMILES string of the molecule is CCSCCOc1ccc([N+](=O)[O-])cc1C(C)O. The van der Waals surface area contributed by atoms with Crippen LogP contribution < -0.4 is 4.74 Å². The van der Waals surface area contributed by atoms with Crippen molar-refractivity contribution in [3.8, 4) is 5.75 Å². The second kappa shape index (κ2) is 7.23.